The summed E-state index contributed by atoms with van der Waals surface area (Å²) in [7, 11) is 1.62. The molecule has 1 heterocycles. The molecule has 4 nitrogen and oxygen atoms in total. The van der Waals surface area contributed by atoms with E-state index in [-0.39, 0.29) is 0 Å². The first-order valence-corrected chi connectivity index (χ1v) is 7.21. The number of ether oxygens (including phenoxy) is 1. The van der Waals surface area contributed by atoms with Crippen LogP contribution in [0.3, 0.4) is 0 Å². The van der Waals surface area contributed by atoms with Crippen LogP contribution >= 0.6 is 15.9 Å². The second kappa shape index (κ2) is 5.61. The zero-order chi connectivity index (χ0) is 14.8. The van der Waals surface area contributed by atoms with Gasteiger partial charge in [0.05, 0.1) is 18.3 Å². The number of aromatic nitrogens is 1. The number of nitrogens with zero attached hydrogens (tertiary/aromatic N) is 1. The number of benzene rings is 2. The van der Waals surface area contributed by atoms with E-state index in [1.165, 1.54) is 0 Å². The van der Waals surface area contributed by atoms with Crippen molar-refractivity contribution in [1.29, 1.82) is 0 Å². The molecular weight excluding hydrogens is 330 g/mol. The highest BCUT2D eigenvalue weighted by molar-refractivity contribution is 9.10. The SMILES string of the molecule is COc1cc(N)cc(Nc2cccc3cc(Br)cnc23)c1. The number of hydrogen-bond donors (Lipinski definition) is 2. The van der Waals surface area contributed by atoms with E-state index in [0.717, 1.165) is 26.8 Å². The van der Waals surface area contributed by atoms with Crippen LogP contribution in [0.15, 0.2) is 53.1 Å². The second-order valence-electron chi connectivity index (χ2n) is 4.65. The molecule has 0 aliphatic carbocycles. The summed E-state index contributed by atoms with van der Waals surface area (Å²) < 4.78 is 6.19. The standard InChI is InChI=1S/C16H14BrN3O/c1-21-14-7-12(18)6-13(8-14)20-15-4-2-3-10-5-11(17)9-19-16(10)15/h2-9,20H,18H2,1H3. The van der Waals surface area contributed by atoms with Crippen LogP contribution in [-0.2, 0) is 0 Å². The third kappa shape index (κ3) is 2.92. The fraction of sp³-hybridized carbons (Fsp3) is 0.0625. The van der Waals surface area contributed by atoms with Crippen LogP contribution in [-0.4, -0.2) is 12.1 Å². The quantitative estimate of drug-likeness (QED) is 0.694. The van der Waals surface area contributed by atoms with Gasteiger partial charge in [0.15, 0.2) is 0 Å². The Kier molecular flexibility index (Phi) is 3.66. The number of nitrogens with one attached hydrogen (secondary N) is 1. The minimum absolute atomic E-state index is 0.646. The lowest BCUT2D eigenvalue weighted by molar-refractivity contribution is 0.415. The van der Waals surface area contributed by atoms with Crippen LogP contribution in [0.2, 0.25) is 0 Å². The number of methoxy groups -OCH3 is 1. The maximum atomic E-state index is 5.88. The molecular formula is C16H14BrN3O. The van der Waals surface area contributed by atoms with Gasteiger partial charge >= 0.3 is 0 Å². The zero-order valence-corrected chi connectivity index (χ0v) is 13.0. The molecule has 3 aromatic rings. The Balaban J connectivity index is 2.04. The molecule has 3 N–H and O–H groups in total. The first kappa shape index (κ1) is 13.7. The van der Waals surface area contributed by atoms with Crippen molar-refractivity contribution in [3.63, 3.8) is 0 Å². The molecule has 0 saturated heterocycles. The maximum absolute atomic E-state index is 5.88. The van der Waals surface area contributed by atoms with Crippen molar-refractivity contribution in [2.45, 2.75) is 0 Å². The van der Waals surface area contributed by atoms with Crippen LogP contribution in [0.25, 0.3) is 10.9 Å². The smallest absolute Gasteiger partial charge is 0.122 e. The van der Waals surface area contributed by atoms with Crippen LogP contribution in [0, 0.1) is 0 Å². The Morgan fingerprint density at radius 2 is 2.05 bits per heavy atom. The highest BCUT2D eigenvalue weighted by Crippen LogP contribution is 2.29. The third-order valence-corrected chi connectivity index (χ3v) is 3.55. The van der Waals surface area contributed by atoms with E-state index in [1.807, 2.05) is 36.4 Å². The second-order valence-corrected chi connectivity index (χ2v) is 5.57. The van der Waals surface area contributed by atoms with Crippen molar-refractivity contribution in [1.82, 2.24) is 4.98 Å². The predicted molar refractivity (Wildman–Crippen MR) is 90.1 cm³/mol. The maximum Gasteiger partial charge on any atom is 0.122 e. The van der Waals surface area contributed by atoms with Gasteiger partial charge in [0, 0.05) is 39.6 Å². The number of halogens is 1. The van der Waals surface area contributed by atoms with Gasteiger partial charge in [-0.05, 0) is 34.1 Å². The number of nitrogens with two attached hydrogens (primary N) is 1. The van der Waals surface area contributed by atoms with Gasteiger partial charge in [0.25, 0.3) is 0 Å². The van der Waals surface area contributed by atoms with Crippen molar-refractivity contribution < 1.29 is 4.74 Å². The van der Waals surface area contributed by atoms with Crippen LogP contribution in [0.1, 0.15) is 0 Å². The molecule has 0 radical (unpaired) electrons. The lowest BCUT2D eigenvalue weighted by atomic mass is 10.2. The van der Waals surface area contributed by atoms with E-state index in [9.17, 15) is 0 Å². The molecule has 0 saturated carbocycles. The Hall–Kier alpha value is -2.27. The molecule has 0 bridgehead atoms. The van der Waals surface area contributed by atoms with Gasteiger partial charge in [0.2, 0.25) is 0 Å². The summed E-state index contributed by atoms with van der Waals surface area (Å²) in [5.74, 6) is 0.716. The summed E-state index contributed by atoms with van der Waals surface area (Å²) in [6.07, 6.45) is 1.79. The summed E-state index contributed by atoms with van der Waals surface area (Å²) in [5.41, 5.74) is 9.22. The number of nitrogen functional groups attached to an aromatic ring is 1. The highest BCUT2D eigenvalue weighted by Gasteiger charge is 2.05. The van der Waals surface area contributed by atoms with Crippen molar-refractivity contribution >= 4 is 43.9 Å². The molecule has 0 amide bonds. The number of hydrogen-bond acceptors (Lipinski definition) is 4. The van der Waals surface area contributed by atoms with Crippen LogP contribution in [0.4, 0.5) is 17.1 Å². The van der Waals surface area contributed by atoms with Gasteiger partial charge in [-0.2, -0.15) is 0 Å². The summed E-state index contributed by atoms with van der Waals surface area (Å²) >= 11 is 3.44. The van der Waals surface area contributed by atoms with Gasteiger partial charge in [-0.25, -0.2) is 0 Å². The average molecular weight is 344 g/mol. The molecule has 3 rings (SSSR count). The minimum Gasteiger partial charge on any atom is -0.497 e. The Morgan fingerprint density at radius 3 is 2.86 bits per heavy atom. The van der Waals surface area contributed by atoms with Crippen molar-refractivity contribution in [3.05, 3.63) is 53.1 Å². The minimum atomic E-state index is 0.646. The number of fused-ring (bicyclic) bond motifs is 1. The largest absolute Gasteiger partial charge is 0.497 e. The Labute approximate surface area is 131 Å². The first-order chi connectivity index (χ1) is 10.2. The topological polar surface area (TPSA) is 60.2 Å². The molecule has 1 aromatic heterocycles. The molecule has 0 aliphatic heterocycles. The van der Waals surface area contributed by atoms with E-state index < -0.39 is 0 Å². The highest BCUT2D eigenvalue weighted by atomic mass is 79.9. The Morgan fingerprint density at radius 1 is 1.19 bits per heavy atom. The summed E-state index contributed by atoms with van der Waals surface area (Å²) in [6.45, 7) is 0. The predicted octanol–water partition coefficient (Wildman–Crippen LogP) is 4.33. The number of para-hydroxylation sites is 1. The van der Waals surface area contributed by atoms with E-state index in [0.29, 0.717) is 11.4 Å². The molecule has 0 atom stereocenters. The molecule has 106 valence electrons. The molecule has 2 aromatic carbocycles. The van der Waals surface area contributed by atoms with Crippen molar-refractivity contribution in [2.24, 2.45) is 0 Å². The van der Waals surface area contributed by atoms with E-state index in [4.69, 9.17) is 10.5 Å². The third-order valence-electron chi connectivity index (χ3n) is 3.12. The zero-order valence-electron chi connectivity index (χ0n) is 11.4. The summed E-state index contributed by atoms with van der Waals surface area (Å²) in [6, 6.07) is 13.6. The normalized spacial score (nSPS) is 10.6. The van der Waals surface area contributed by atoms with Gasteiger partial charge in [-0.1, -0.05) is 12.1 Å². The lowest BCUT2D eigenvalue weighted by Crippen LogP contribution is -1.96. The monoisotopic (exact) mass is 343 g/mol. The Bertz CT molecular complexity index is 805. The van der Waals surface area contributed by atoms with Crippen LogP contribution in [0.5, 0.6) is 5.75 Å². The molecule has 5 heteroatoms. The summed E-state index contributed by atoms with van der Waals surface area (Å²) in [4.78, 5) is 4.47. The summed E-state index contributed by atoms with van der Waals surface area (Å²) in [5, 5.41) is 4.40. The van der Waals surface area contributed by atoms with Gasteiger partial charge in [-0.15, -0.1) is 0 Å². The van der Waals surface area contributed by atoms with E-state index in [1.54, 1.807) is 19.4 Å². The molecule has 0 unspecified atom stereocenters. The number of anilines is 3. The fourth-order valence-electron chi connectivity index (χ4n) is 2.20. The van der Waals surface area contributed by atoms with E-state index in [2.05, 4.69) is 26.2 Å². The lowest BCUT2D eigenvalue weighted by Gasteiger charge is -2.11. The number of pyridine rings is 1. The molecule has 0 aliphatic rings. The molecule has 21 heavy (non-hydrogen) atoms. The van der Waals surface area contributed by atoms with Gasteiger partial charge < -0.3 is 15.8 Å². The first-order valence-electron chi connectivity index (χ1n) is 6.41. The van der Waals surface area contributed by atoms with Crippen molar-refractivity contribution in [3.8, 4) is 5.75 Å². The number of rotatable bonds is 3. The van der Waals surface area contributed by atoms with Gasteiger partial charge in [0.1, 0.15) is 5.75 Å². The molecule has 0 fully saturated rings. The fourth-order valence-corrected chi connectivity index (χ4v) is 2.55. The van der Waals surface area contributed by atoms with Crippen LogP contribution < -0.4 is 15.8 Å². The van der Waals surface area contributed by atoms with Gasteiger partial charge in [-0.3, -0.25) is 4.98 Å². The average Bonchev–Trinajstić information content (AvgIpc) is 2.46. The molecule has 0 spiro atoms. The van der Waals surface area contributed by atoms with E-state index >= 15 is 0 Å². The van der Waals surface area contributed by atoms with Crippen molar-refractivity contribution in [2.75, 3.05) is 18.2 Å².